The highest BCUT2D eigenvalue weighted by Crippen LogP contribution is 2.25. The quantitative estimate of drug-likeness (QED) is 0.799. The third-order valence-corrected chi connectivity index (χ3v) is 2.58. The summed E-state index contributed by atoms with van der Waals surface area (Å²) in [7, 11) is 0. The van der Waals surface area contributed by atoms with E-state index in [1.165, 1.54) is 0 Å². The van der Waals surface area contributed by atoms with Crippen molar-refractivity contribution in [3.8, 4) is 0 Å². The molecule has 0 heterocycles. The molecule has 0 spiro atoms. The zero-order valence-corrected chi connectivity index (χ0v) is 9.45. The number of carboxylic acids is 1. The van der Waals surface area contributed by atoms with Gasteiger partial charge in [-0.3, -0.25) is 0 Å². The molecule has 0 aliphatic rings. The summed E-state index contributed by atoms with van der Waals surface area (Å²) >= 11 is 6.01. The lowest BCUT2D eigenvalue weighted by atomic mass is 9.99. The minimum absolute atomic E-state index is 0.00907. The van der Waals surface area contributed by atoms with Crippen molar-refractivity contribution in [1.29, 1.82) is 0 Å². The lowest BCUT2D eigenvalue weighted by Crippen LogP contribution is -1.99. The van der Waals surface area contributed by atoms with Gasteiger partial charge in [0.1, 0.15) is 0 Å². The standard InChI is InChI=1S/C12H13ClO2/c1-8(7-9(2)12(14)15)10-5-3-4-6-11(10)13/h3-8H,1-2H3,(H,14,15). The number of aliphatic carboxylic acids is 1. The highest BCUT2D eigenvalue weighted by atomic mass is 35.5. The zero-order chi connectivity index (χ0) is 11.4. The fraction of sp³-hybridized carbons (Fsp3) is 0.250. The molecule has 1 atom stereocenters. The van der Waals surface area contributed by atoms with Crippen LogP contribution in [0.25, 0.3) is 0 Å². The van der Waals surface area contributed by atoms with Gasteiger partial charge in [0.2, 0.25) is 0 Å². The van der Waals surface area contributed by atoms with Crippen molar-refractivity contribution in [2.75, 3.05) is 0 Å². The molecule has 0 saturated carbocycles. The number of hydrogen-bond acceptors (Lipinski definition) is 1. The van der Waals surface area contributed by atoms with Crippen LogP contribution in [0, 0.1) is 0 Å². The van der Waals surface area contributed by atoms with E-state index in [-0.39, 0.29) is 5.92 Å². The second-order valence-corrected chi connectivity index (χ2v) is 3.87. The molecule has 1 N–H and O–H groups in total. The van der Waals surface area contributed by atoms with Crippen LogP contribution in [0.3, 0.4) is 0 Å². The molecule has 2 nitrogen and oxygen atoms in total. The molecule has 80 valence electrons. The Morgan fingerprint density at radius 3 is 2.60 bits per heavy atom. The zero-order valence-electron chi connectivity index (χ0n) is 8.70. The lowest BCUT2D eigenvalue weighted by molar-refractivity contribution is -0.132. The molecule has 0 saturated heterocycles. The Bertz CT molecular complexity index is 396. The highest BCUT2D eigenvalue weighted by molar-refractivity contribution is 6.31. The van der Waals surface area contributed by atoms with E-state index in [4.69, 9.17) is 16.7 Å². The van der Waals surface area contributed by atoms with Crippen molar-refractivity contribution < 1.29 is 9.90 Å². The molecule has 1 unspecified atom stereocenters. The maximum atomic E-state index is 10.6. The molecule has 0 aliphatic carbocycles. The monoisotopic (exact) mass is 224 g/mol. The fourth-order valence-corrected chi connectivity index (χ4v) is 1.69. The van der Waals surface area contributed by atoms with E-state index in [9.17, 15) is 4.79 Å². The maximum Gasteiger partial charge on any atom is 0.330 e. The first-order valence-corrected chi connectivity index (χ1v) is 5.06. The average molecular weight is 225 g/mol. The number of benzene rings is 1. The topological polar surface area (TPSA) is 37.3 Å². The van der Waals surface area contributed by atoms with Crippen LogP contribution >= 0.6 is 11.6 Å². The Balaban J connectivity index is 2.96. The molecule has 1 rings (SSSR count). The molecule has 0 fully saturated rings. The SMILES string of the molecule is CC(=CC(C)c1ccccc1Cl)C(=O)O. The van der Waals surface area contributed by atoms with Gasteiger partial charge in [0.15, 0.2) is 0 Å². The van der Waals surface area contributed by atoms with Gasteiger partial charge >= 0.3 is 5.97 Å². The van der Waals surface area contributed by atoms with E-state index in [1.807, 2.05) is 25.1 Å². The Hall–Kier alpha value is -1.28. The van der Waals surface area contributed by atoms with Gasteiger partial charge in [0, 0.05) is 16.5 Å². The van der Waals surface area contributed by atoms with E-state index in [0.717, 1.165) is 5.56 Å². The Labute approximate surface area is 94.2 Å². The summed E-state index contributed by atoms with van der Waals surface area (Å²) in [4.78, 5) is 10.6. The summed E-state index contributed by atoms with van der Waals surface area (Å²) in [6, 6.07) is 7.45. The van der Waals surface area contributed by atoms with Gasteiger partial charge in [-0.25, -0.2) is 4.79 Å². The van der Waals surface area contributed by atoms with Crippen molar-refractivity contribution >= 4 is 17.6 Å². The van der Waals surface area contributed by atoms with E-state index >= 15 is 0 Å². The predicted octanol–water partition coefficient (Wildman–Crippen LogP) is 3.47. The Morgan fingerprint density at radius 2 is 2.07 bits per heavy atom. The number of carbonyl (C=O) groups is 1. The van der Waals surface area contributed by atoms with Crippen LogP contribution in [-0.4, -0.2) is 11.1 Å². The number of carboxylic acid groups (broad SMARTS) is 1. The van der Waals surface area contributed by atoms with Crippen LogP contribution in [-0.2, 0) is 4.79 Å². The van der Waals surface area contributed by atoms with Crippen molar-refractivity contribution in [1.82, 2.24) is 0 Å². The third kappa shape index (κ3) is 3.10. The largest absolute Gasteiger partial charge is 0.478 e. The van der Waals surface area contributed by atoms with Gasteiger partial charge in [0.25, 0.3) is 0 Å². The molecule has 15 heavy (non-hydrogen) atoms. The van der Waals surface area contributed by atoms with Crippen LogP contribution in [0.2, 0.25) is 5.02 Å². The second kappa shape index (κ2) is 4.99. The molecule has 0 radical (unpaired) electrons. The van der Waals surface area contributed by atoms with Crippen molar-refractivity contribution in [3.63, 3.8) is 0 Å². The van der Waals surface area contributed by atoms with E-state index in [0.29, 0.717) is 10.6 Å². The van der Waals surface area contributed by atoms with E-state index in [2.05, 4.69) is 0 Å². The summed E-state index contributed by atoms with van der Waals surface area (Å²) in [5.74, 6) is -0.885. The van der Waals surface area contributed by atoms with Gasteiger partial charge < -0.3 is 5.11 Å². The summed E-state index contributed by atoms with van der Waals surface area (Å²) in [6.45, 7) is 3.50. The van der Waals surface area contributed by atoms with Crippen LogP contribution in [0.4, 0.5) is 0 Å². The van der Waals surface area contributed by atoms with Gasteiger partial charge in [-0.1, -0.05) is 42.8 Å². The molecule has 1 aromatic carbocycles. The molecule has 1 aromatic rings. The first kappa shape index (κ1) is 11.8. The van der Waals surface area contributed by atoms with E-state index in [1.54, 1.807) is 19.1 Å². The van der Waals surface area contributed by atoms with Crippen LogP contribution in [0.15, 0.2) is 35.9 Å². The Kier molecular flexibility index (Phi) is 3.92. The summed E-state index contributed by atoms with van der Waals surface area (Å²) in [5, 5.41) is 9.41. The normalized spacial score (nSPS) is 13.7. The van der Waals surface area contributed by atoms with Crippen molar-refractivity contribution in [2.24, 2.45) is 0 Å². The number of allylic oxidation sites excluding steroid dienone is 1. The molecule has 0 aliphatic heterocycles. The van der Waals surface area contributed by atoms with Gasteiger partial charge in [-0.15, -0.1) is 0 Å². The maximum absolute atomic E-state index is 10.6. The van der Waals surface area contributed by atoms with Gasteiger partial charge in [-0.05, 0) is 18.6 Å². The van der Waals surface area contributed by atoms with Gasteiger partial charge in [0.05, 0.1) is 0 Å². The first-order chi connectivity index (χ1) is 7.02. The predicted molar refractivity (Wildman–Crippen MR) is 61.3 cm³/mol. The van der Waals surface area contributed by atoms with Crippen LogP contribution in [0.5, 0.6) is 0 Å². The van der Waals surface area contributed by atoms with Gasteiger partial charge in [-0.2, -0.15) is 0 Å². The van der Waals surface area contributed by atoms with Crippen LogP contribution in [0.1, 0.15) is 25.3 Å². The third-order valence-electron chi connectivity index (χ3n) is 2.23. The minimum atomic E-state index is -0.895. The average Bonchev–Trinajstić information content (AvgIpc) is 2.18. The molecule has 0 aromatic heterocycles. The van der Waals surface area contributed by atoms with Crippen molar-refractivity contribution in [2.45, 2.75) is 19.8 Å². The van der Waals surface area contributed by atoms with Crippen LogP contribution < -0.4 is 0 Å². The fourth-order valence-electron chi connectivity index (χ4n) is 1.38. The lowest BCUT2D eigenvalue weighted by Gasteiger charge is -2.09. The molecule has 0 amide bonds. The Morgan fingerprint density at radius 1 is 1.47 bits per heavy atom. The minimum Gasteiger partial charge on any atom is -0.478 e. The number of hydrogen-bond donors (Lipinski definition) is 1. The summed E-state index contributed by atoms with van der Waals surface area (Å²) < 4.78 is 0. The second-order valence-electron chi connectivity index (χ2n) is 3.47. The number of halogens is 1. The highest BCUT2D eigenvalue weighted by Gasteiger charge is 2.08. The summed E-state index contributed by atoms with van der Waals surface area (Å²) in [6.07, 6.45) is 1.70. The smallest absolute Gasteiger partial charge is 0.330 e. The number of rotatable bonds is 3. The first-order valence-electron chi connectivity index (χ1n) is 4.68. The molecule has 3 heteroatoms. The molecule has 0 bridgehead atoms. The molecular formula is C12H13ClO2. The van der Waals surface area contributed by atoms with Crippen molar-refractivity contribution in [3.05, 3.63) is 46.5 Å². The van der Waals surface area contributed by atoms with E-state index < -0.39 is 5.97 Å². The summed E-state index contributed by atoms with van der Waals surface area (Å²) in [5.41, 5.74) is 1.28. The molecular weight excluding hydrogens is 212 g/mol.